The van der Waals surface area contributed by atoms with Crippen molar-refractivity contribution in [3.8, 4) is 0 Å². The Morgan fingerprint density at radius 2 is 1.83 bits per heavy atom. The summed E-state index contributed by atoms with van der Waals surface area (Å²) in [5, 5.41) is 13.2. The SMILES string of the molecule is CN(C)c1ccc(C(=O)OCC(=O)Nc2ccccc2C(F)(F)F)cc1[N+](=O)[O-]. The lowest BCUT2D eigenvalue weighted by atomic mass is 10.1. The Kier molecular flexibility index (Phi) is 6.42. The van der Waals surface area contributed by atoms with Gasteiger partial charge in [0.05, 0.1) is 21.7 Å². The Hall–Kier alpha value is -3.63. The molecule has 0 aliphatic heterocycles. The maximum atomic E-state index is 12.9. The largest absolute Gasteiger partial charge is 0.452 e. The third kappa shape index (κ3) is 5.43. The highest BCUT2D eigenvalue weighted by molar-refractivity contribution is 5.96. The fourth-order valence-electron chi connectivity index (χ4n) is 2.41. The number of rotatable bonds is 6. The molecule has 0 saturated heterocycles. The van der Waals surface area contributed by atoms with Gasteiger partial charge < -0.3 is 15.0 Å². The first-order valence-corrected chi connectivity index (χ1v) is 8.09. The normalized spacial score (nSPS) is 10.9. The molecule has 0 radical (unpaired) electrons. The number of halogens is 3. The van der Waals surface area contributed by atoms with Gasteiger partial charge in [0, 0.05) is 20.2 Å². The van der Waals surface area contributed by atoms with Gasteiger partial charge in [0.25, 0.3) is 11.6 Å². The quantitative estimate of drug-likeness (QED) is 0.444. The van der Waals surface area contributed by atoms with Crippen LogP contribution in [-0.4, -0.2) is 37.5 Å². The van der Waals surface area contributed by atoms with E-state index in [1.165, 1.54) is 29.2 Å². The predicted molar refractivity (Wildman–Crippen MR) is 97.8 cm³/mol. The number of benzene rings is 2. The van der Waals surface area contributed by atoms with Crippen molar-refractivity contribution < 1.29 is 32.4 Å². The van der Waals surface area contributed by atoms with Crippen molar-refractivity contribution in [3.63, 3.8) is 0 Å². The van der Waals surface area contributed by atoms with Crippen molar-refractivity contribution in [1.82, 2.24) is 0 Å². The average molecular weight is 411 g/mol. The van der Waals surface area contributed by atoms with E-state index in [9.17, 15) is 32.9 Å². The maximum absolute atomic E-state index is 12.9. The number of anilines is 2. The molecule has 0 aliphatic carbocycles. The highest BCUT2D eigenvalue weighted by Crippen LogP contribution is 2.34. The van der Waals surface area contributed by atoms with E-state index in [1.807, 2.05) is 5.32 Å². The number of para-hydroxylation sites is 1. The Labute approximate surface area is 163 Å². The van der Waals surface area contributed by atoms with Gasteiger partial charge in [-0.05, 0) is 24.3 Å². The molecule has 0 bridgehead atoms. The maximum Gasteiger partial charge on any atom is 0.418 e. The van der Waals surface area contributed by atoms with E-state index >= 15 is 0 Å². The molecule has 0 heterocycles. The van der Waals surface area contributed by atoms with Crippen LogP contribution >= 0.6 is 0 Å². The van der Waals surface area contributed by atoms with Crippen molar-refractivity contribution in [2.45, 2.75) is 6.18 Å². The summed E-state index contributed by atoms with van der Waals surface area (Å²) in [5.74, 6) is -2.02. The van der Waals surface area contributed by atoms with Crippen molar-refractivity contribution in [1.29, 1.82) is 0 Å². The second-order valence-corrected chi connectivity index (χ2v) is 6.02. The molecule has 2 aromatic carbocycles. The van der Waals surface area contributed by atoms with Crippen LogP contribution in [0.2, 0.25) is 0 Å². The molecule has 0 saturated carbocycles. The molecule has 0 aliphatic rings. The number of nitrogens with zero attached hydrogens (tertiary/aromatic N) is 2. The van der Waals surface area contributed by atoms with Gasteiger partial charge in [-0.3, -0.25) is 14.9 Å². The standard InChI is InChI=1S/C18H16F3N3O5/c1-23(2)14-8-7-11(9-15(14)24(27)28)17(26)29-10-16(25)22-13-6-4-3-5-12(13)18(19,20)21/h3-9H,10H2,1-2H3,(H,22,25). The Morgan fingerprint density at radius 3 is 2.41 bits per heavy atom. The third-order valence-corrected chi connectivity index (χ3v) is 3.73. The molecule has 0 spiro atoms. The Morgan fingerprint density at radius 1 is 1.17 bits per heavy atom. The Bertz CT molecular complexity index is 945. The number of hydrogen-bond acceptors (Lipinski definition) is 6. The summed E-state index contributed by atoms with van der Waals surface area (Å²) in [4.78, 5) is 35.9. The average Bonchev–Trinajstić information content (AvgIpc) is 2.65. The zero-order valence-corrected chi connectivity index (χ0v) is 15.3. The van der Waals surface area contributed by atoms with Crippen LogP contribution in [0.25, 0.3) is 0 Å². The monoisotopic (exact) mass is 411 g/mol. The minimum Gasteiger partial charge on any atom is -0.452 e. The number of nitrogens with one attached hydrogen (secondary N) is 1. The first-order valence-electron chi connectivity index (χ1n) is 8.09. The van der Waals surface area contributed by atoms with Crippen molar-refractivity contribution in [2.24, 2.45) is 0 Å². The Balaban J connectivity index is 2.07. The molecule has 0 fully saturated rings. The van der Waals surface area contributed by atoms with Crippen LogP contribution in [0.15, 0.2) is 42.5 Å². The molecular formula is C18H16F3N3O5. The van der Waals surface area contributed by atoms with Crippen LogP contribution < -0.4 is 10.2 Å². The number of hydrogen-bond donors (Lipinski definition) is 1. The van der Waals surface area contributed by atoms with Crippen LogP contribution in [0.3, 0.4) is 0 Å². The third-order valence-electron chi connectivity index (χ3n) is 3.73. The summed E-state index contributed by atoms with van der Waals surface area (Å²) in [6, 6.07) is 7.95. The number of carbonyl (C=O) groups is 2. The van der Waals surface area contributed by atoms with E-state index in [0.717, 1.165) is 18.2 Å². The summed E-state index contributed by atoms with van der Waals surface area (Å²) in [6.07, 6.45) is -4.67. The van der Waals surface area contributed by atoms with Crippen LogP contribution in [0, 0.1) is 10.1 Å². The fraction of sp³-hybridized carbons (Fsp3) is 0.222. The number of carbonyl (C=O) groups excluding carboxylic acids is 2. The summed E-state index contributed by atoms with van der Waals surface area (Å²) < 4.78 is 43.5. The number of esters is 1. The minimum atomic E-state index is -4.67. The van der Waals surface area contributed by atoms with Crippen LogP contribution in [0.5, 0.6) is 0 Å². The molecule has 1 N–H and O–H groups in total. The molecule has 0 atom stereocenters. The van der Waals surface area contributed by atoms with E-state index in [4.69, 9.17) is 4.74 Å². The molecule has 2 aromatic rings. The van der Waals surface area contributed by atoms with Gasteiger partial charge in [0.1, 0.15) is 5.69 Å². The van der Waals surface area contributed by atoms with E-state index in [2.05, 4.69) is 0 Å². The lowest BCUT2D eigenvalue weighted by Gasteiger charge is -2.14. The van der Waals surface area contributed by atoms with Gasteiger partial charge in [-0.2, -0.15) is 13.2 Å². The molecule has 8 nitrogen and oxygen atoms in total. The lowest BCUT2D eigenvalue weighted by molar-refractivity contribution is -0.384. The minimum absolute atomic E-state index is 0.175. The fourth-order valence-corrected chi connectivity index (χ4v) is 2.41. The number of nitro groups is 1. The zero-order chi connectivity index (χ0) is 21.8. The van der Waals surface area contributed by atoms with Crippen molar-refractivity contribution >= 4 is 28.9 Å². The van der Waals surface area contributed by atoms with E-state index in [1.54, 1.807) is 14.1 Å². The molecule has 2 rings (SSSR count). The number of nitro benzene ring substituents is 1. The molecule has 154 valence electrons. The highest BCUT2D eigenvalue weighted by atomic mass is 19.4. The van der Waals surface area contributed by atoms with Gasteiger partial charge in [0.15, 0.2) is 6.61 Å². The van der Waals surface area contributed by atoms with Gasteiger partial charge in [0.2, 0.25) is 0 Å². The topological polar surface area (TPSA) is 102 Å². The predicted octanol–water partition coefficient (Wildman–Crippen LogP) is 3.48. The molecule has 0 aromatic heterocycles. The number of alkyl halides is 3. The summed E-state index contributed by atoms with van der Waals surface area (Å²) in [7, 11) is 3.17. The van der Waals surface area contributed by atoms with E-state index in [0.29, 0.717) is 0 Å². The van der Waals surface area contributed by atoms with Crippen LogP contribution in [-0.2, 0) is 15.7 Å². The summed E-state index contributed by atoms with van der Waals surface area (Å²) in [5.41, 5.74) is -1.78. The van der Waals surface area contributed by atoms with Gasteiger partial charge in [-0.25, -0.2) is 4.79 Å². The summed E-state index contributed by atoms with van der Waals surface area (Å²) >= 11 is 0. The molecule has 11 heteroatoms. The van der Waals surface area contributed by atoms with Crippen LogP contribution in [0.4, 0.5) is 30.2 Å². The second kappa shape index (κ2) is 8.59. The smallest absolute Gasteiger partial charge is 0.418 e. The molecule has 0 unspecified atom stereocenters. The first-order chi connectivity index (χ1) is 13.5. The van der Waals surface area contributed by atoms with Gasteiger partial charge >= 0.3 is 12.1 Å². The molecule has 1 amide bonds. The number of amides is 1. The molecular weight excluding hydrogens is 395 g/mol. The first kappa shape index (κ1) is 21.7. The summed E-state index contributed by atoms with van der Waals surface area (Å²) in [6.45, 7) is -0.867. The van der Waals surface area contributed by atoms with Gasteiger partial charge in [-0.15, -0.1) is 0 Å². The molecule has 29 heavy (non-hydrogen) atoms. The zero-order valence-electron chi connectivity index (χ0n) is 15.3. The van der Waals surface area contributed by atoms with Crippen LogP contribution in [0.1, 0.15) is 15.9 Å². The van der Waals surface area contributed by atoms with Gasteiger partial charge in [-0.1, -0.05) is 12.1 Å². The number of ether oxygens (including phenoxy) is 1. The second-order valence-electron chi connectivity index (χ2n) is 6.02. The van der Waals surface area contributed by atoms with Crippen molar-refractivity contribution in [3.05, 3.63) is 63.7 Å². The van der Waals surface area contributed by atoms with E-state index in [-0.39, 0.29) is 16.9 Å². The van der Waals surface area contributed by atoms with E-state index < -0.39 is 40.8 Å². The van der Waals surface area contributed by atoms with Crippen molar-refractivity contribution in [2.75, 3.05) is 30.9 Å². The highest BCUT2D eigenvalue weighted by Gasteiger charge is 2.33. The lowest BCUT2D eigenvalue weighted by Crippen LogP contribution is -2.23.